The molecule has 0 aliphatic carbocycles. The Balaban J connectivity index is 2.25. The van der Waals surface area contributed by atoms with Crippen LogP contribution < -0.4 is 10.6 Å². The molecule has 1 aromatic carbocycles. The molecule has 7 heteroatoms. The van der Waals surface area contributed by atoms with E-state index in [1.807, 2.05) is 0 Å². The zero-order valence-corrected chi connectivity index (χ0v) is 10.8. The standard InChI is InChI=1S/C13H16F3N3O/c1-19(20)12-3-2-10(8-11(12)13(14,15)16)18-9-4-6-17-7-5-9/h2-3,8-9,17-18H,1,4-7H2. The van der Waals surface area contributed by atoms with Crippen LogP contribution in [0.3, 0.4) is 0 Å². The Morgan fingerprint density at radius 1 is 1.30 bits per heavy atom. The van der Waals surface area contributed by atoms with E-state index in [0.717, 1.165) is 38.1 Å². The predicted octanol–water partition coefficient (Wildman–Crippen LogP) is 2.71. The van der Waals surface area contributed by atoms with Crippen LogP contribution in [0.2, 0.25) is 0 Å². The molecule has 0 amide bonds. The van der Waals surface area contributed by atoms with Gasteiger partial charge >= 0.3 is 6.18 Å². The number of hydrogen-bond donors (Lipinski definition) is 2. The number of benzene rings is 1. The van der Waals surface area contributed by atoms with E-state index in [2.05, 4.69) is 17.4 Å². The molecule has 20 heavy (non-hydrogen) atoms. The molecule has 1 aliphatic rings. The smallest absolute Gasteiger partial charge is 0.422 e. The van der Waals surface area contributed by atoms with Crippen molar-refractivity contribution in [3.8, 4) is 0 Å². The highest BCUT2D eigenvalue weighted by atomic mass is 19.4. The summed E-state index contributed by atoms with van der Waals surface area (Å²) in [6, 6.07) is 3.73. The van der Waals surface area contributed by atoms with Gasteiger partial charge in [-0.3, -0.25) is 0 Å². The Bertz CT molecular complexity index is 496. The first-order valence-electron chi connectivity index (χ1n) is 6.34. The van der Waals surface area contributed by atoms with Gasteiger partial charge in [0.25, 0.3) is 0 Å². The SMILES string of the molecule is C=[N+]([O-])c1ccc(NC2CCNCC2)cc1C(F)(F)F. The highest BCUT2D eigenvalue weighted by Crippen LogP contribution is 2.37. The predicted molar refractivity (Wildman–Crippen MR) is 71.4 cm³/mol. The van der Waals surface area contributed by atoms with E-state index in [0.29, 0.717) is 5.69 Å². The molecule has 0 saturated carbocycles. The highest BCUT2D eigenvalue weighted by molar-refractivity contribution is 5.56. The number of nitrogens with one attached hydrogen (secondary N) is 2. The topological polar surface area (TPSA) is 50.1 Å². The van der Waals surface area contributed by atoms with Gasteiger partial charge in [-0.05, 0) is 38.1 Å². The Morgan fingerprint density at radius 2 is 1.95 bits per heavy atom. The molecule has 1 aromatic rings. The summed E-state index contributed by atoms with van der Waals surface area (Å²) < 4.78 is 38.8. The minimum Gasteiger partial charge on any atom is -0.619 e. The van der Waals surface area contributed by atoms with Crippen molar-refractivity contribution >= 4 is 18.1 Å². The van der Waals surface area contributed by atoms with Crippen molar-refractivity contribution in [1.29, 1.82) is 0 Å². The van der Waals surface area contributed by atoms with E-state index >= 15 is 0 Å². The number of hydrogen-bond acceptors (Lipinski definition) is 3. The van der Waals surface area contributed by atoms with Gasteiger partial charge in [0, 0.05) is 17.8 Å². The first-order chi connectivity index (χ1) is 9.38. The molecule has 0 unspecified atom stereocenters. The fourth-order valence-electron chi connectivity index (χ4n) is 2.27. The summed E-state index contributed by atoms with van der Waals surface area (Å²) >= 11 is 0. The fourth-order valence-corrected chi connectivity index (χ4v) is 2.27. The van der Waals surface area contributed by atoms with Crippen LogP contribution >= 0.6 is 0 Å². The highest BCUT2D eigenvalue weighted by Gasteiger charge is 2.37. The van der Waals surface area contributed by atoms with E-state index in [1.54, 1.807) is 0 Å². The van der Waals surface area contributed by atoms with Crippen molar-refractivity contribution in [2.45, 2.75) is 25.1 Å². The van der Waals surface area contributed by atoms with E-state index < -0.39 is 17.4 Å². The Hall–Kier alpha value is -1.76. The monoisotopic (exact) mass is 287 g/mol. The molecule has 0 spiro atoms. The lowest BCUT2D eigenvalue weighted by molar-refractivity contribution is -0.353. The minimum absolute atomic E-state index is 0.0167. The van der Waals surface area contributed by atoms with Crippen LogP contribution in [0.15, 0.2) is 18.2 Å². The third kappa shape index (κ3) is 3.41. The summed E-state index contributed by atoms with van der Waals surface area (Å²) in [5.74, 6) is 0. The Morgan fingerprint density at radius 3 is 2.50 bits per heavy atom. The number of alkyl halides is 3. The van der Waals surface area contributed by atoms with Crippen LogP contribution in [0.25, 0.3) is 0 Å². The Labute approximate surface area is 114 Å². The van der Waals surface area contributed by atoms with Crippen LogP contribution in [0, 0.1) is 5.21 Å². The molecule has 4 nitrogen and oxygen atoms in total. The second-order valence-electron chi connectivity index (χ2n) is 4.78. The van der Waals surface area contributed by atoms with Gasteiger partial charge in [-0.1, -0.05) is 0 Å². The molecular formula is C13H16F3N3O. The number of nitrogens with zero attached hydrogens (tertiary/aromatic N) is 1. The van der Waals surface area contributed by atoms with E-state index in [4.69, 9.17) is 0 Å². The maximum atomic E-state index is 12.9. The van der Waals surface area contributed by atoms with Crippen LogP contribution in [-0.4, -0.2) is 30.6 Å². The lowest BCUT2D eigenvalue weighted by atomic mass is 10.1. The van der Waals surface area contributed by atoms with E-state index in [1.165, 1.54) is 6.07 Å². The van der Waals surface area contributed by atoms with Gasteiger partial charge in [-0.15, -0.1) is 0 Å². The maximum Gasteiger partial charge on any atom is 0.422 e. The van der Waals surface area contributed by atoms with Crippen LogP contribution in [-0.2, 0) is 6.18 Å². The molecule has 0 atom stereocenters. The number of piperidine rings is 1. The van der Waals surface area contributed by atoms with Gasteiger partial charge in [-0.2, -0.15) is 17.9 Å². The van der Waals surface area contributed by atoms with Gasteiger partial charge in [0.1, 0.15) is 12.3 Å². The zero-order chi connectivity index (χ0) is 14.8. The van der Waals surface area contributed by atoms with Crippen molar-refractivity contribution in [2.75, 3.05) is 18.4 Å². The minimum atomic E-state index is -4.58. The van der Waals surface area contributed by atoms with Crippen LogP contribution in [0.5, 0.6) is 0 Å². The summed E-state index contributed by atoms with van der Waals surface area (Å²) in [5.41, 5.74) is -1.08. The second-order valence-corrected chi connectivity index (χ2v) is 4.78. The molecule has 0 aromatic heterocycles. The van der Waals surface area contributed by atoms with E-state index in [9.17, 15) is 18.4 Å². The maximum absolute atomic E-state index is 12.9. The normalized spacial score (nSPS) is 16.9. The third-order valence-electron chi connectivity index (χ3n) is 3.28. The lowest BCUT2D eigenvalue weighted by Gasteiger charge is -2.25. The van der Waals surface area contributed by atoms with Crippen molar-refractivity contribution in [2.24, 2.45) is 0 Å². The molecule has 110 valence electrons. The quantitative estimate of drug-likeness (QED) is 0.389. The average Bonchev–Trinajstić information content (AvgIpc) is 2.38. The summed E-state index contributed by atoms with van der Waals surface area (Å²) in [6.07, 6.45) is -2.88. The van der Waals surface area contributed by atoms with Crippen LogP contribution in [0.4, 0.5) is 24.5 Å². The molecule has 1 heterocycles. The molecule has 2 N–H and O–H groups in total. The number of rotatable bonds is 3. The average molecular weight is 287 g/mol. The fraction of sp³-hybridized carbons (Fsp3) is 0.462. The first kappa shape index (κ1) is 14.6. The van der Waals surface area contributed by atoms with Crippen molar-refractivity contribution in [3.63, 3.8) is 0 Å². The van der Waals surface area contributed by atoms with Gasteiger partial charge in [0.15, 0.2) is 0 Å². The Kier molecular flexibility index (Phi) is 4.17. The van der Waals surface area contributed by atoms with Gasteiger partial charge < -0.3 is 15.8 Å². The molecule has 1 fully saturated rings. The molecule has 1 aliphatic heterocycles. The zero-order valence-electron chi connectivity index (χ0n) is 10.8. The lowest BCUT2D eigenvalue weighted by Crippen LogP contribution is -2.35. The van der Waals surface area contributed by atoms with Crippen molar-refractivity contribution in [3.05, 3.63) is 29.0 Å². The molecule has 0 radical (unpaired) electrons. The van der Waals surface area contributed by atoms with Crippen molar-refractivity contribution < 1.29 is 17.9 Å². The summed E-state index contributed by atoms with van der Waals surface area (Å²) in [4.78, 5) is 0. The molecule has 2 rings (SSSR count). The summed E-state index contributed by atoms with van der Waals surface area (Å²) in [7, 11) is 0. The first-order valence-corrected chi connectivity index (χ1v) is 6.34. The number of halogens is 3. The van der Waals surface area contributed by atoms with E-state index in [-0.39, 0.29) is 10.8 Å². The second kappa shape index (κ2) is 5.70. The van der Waals surface area contributed by atoms with Gasteiger partial charge in [0.05, 0.1) is 0 Å². The van der Waals surface area contributed by atoms with Gasteiger partial charge in [-0.25, -0.2) is 0 Å². The molecule has 0 bridgehead atoms. The van der Waals surface area contributed by atoms with Crippen molar-refractivity contribution in [1.82, 2.24) is 5.32 Å². The molecule has 1 saturated heterocycles. The summed E-state index contributed by atoms with van der Waals surface area (Å²) in [6.45, 7) is 4.66. The van der Waals surface area contributed by atoms with Crippen LogP contribution in [0.1, 0.15) is 18.4 Å². The number of anilines is 1. The molecular weight excluding hydrogens is 271 g/mol. The largest absolute Gasteiger partial charge is 0.619 e. The van der Waals surface area contributed by atoms with Gasteiger partial charge in [0.2, 0.25) is 5.69 Å². The summed E-state index contributed by atoms with van der Waals surface area (Å²) in [5, 5.41) is 17.4. The third-order valence-corrected chi connectivity index (χ3v) is 3.28.